The van der Waals surface area contributed by atoms with E-state index in [0.29, 0.717) is 19.3 Å². The van der Waals surface area contributed by atoms with Crippen LogP contribution in [0, 0.1) is 23.2 Å². The maximum Gasteiger partial charge on any atom is 0.339 e. The first-order valence-corrected chi connectivity index (χ1v) is 9.38. The topological polar surface area (TPSA) is 87.1 Å². The number of aliphatic hydroxyl groups excluding tert-OH is 1. The molecule has 4 fully saturated rings. The monoisotopic (exact) mass is 362 g/mol. The molecular formula is C20H23FO5. The summed E-state index contributed by atoms with van der Waals surface area (Å²) >= 11 is 0. The predicted molar refractivity (Wildman–Crippen MR) is 89.0 cm³/mol. The number of hydrogen-bond acceptors (Lipinski definition) is 4. The van der Waals surface area contributed by atoms with Gasteiger partial charge in [-0.3, -0.25) is 4.79 Å². The second-order valence-electron chi connectivity index (χ2n) is 9.02. The van der Waals surface area contributed by atoms with E-state index in [9.17, 15) is 19.8 Å². The van der Waals surface area contributed by atoms with Gasteiger partial charge in [0.25, 0.3) is 0 Å². The standard InChI is InChI=1S/C20H23FO5/c1-10-7-14-13-4-3-11-8-12(22)5-6-17(11,2)19(13,21)15(23)9-18(14)20(10,26-18)16(24)25/h5-6,8,10,13-15,23H,3-4,7,9H2,1-2H3,(H,24,25)/t10-,13?,14+,15+,17+,18-,19+,20+/m1/s1. The molecule has 0 aromatic carbocycles. The summed E-state index contributed by atoms with van der Waals surface area (Å²) in [7, 11) is 0. The number of carboxylic acid groups (broad SMARTS) is 1. The van der Waals surface area contributed by atoms with Crippen molar-refractivity contribution in [1.29, 1.82) is 0 Å². The lowest BCUT2D eigenvalue weighted by Gasteiger charge is -2.59. The minimum Gasteiger partial charge on any atom is -0.479 e. The van der Waals surface area contributed by atoms with Crippen LogP contribution >= 0.6 is 0 Å². The molecule has 0 bridgehead atoms. The fourth-order valence-corrected chi connectivity index (χ4v) is 7.00. The summed E-state index contributed by atoms with van der Waals surface area (Å²) < 4.78 is 22.5. The van der Waals surface area contributed by atoms with Gasteiger partial charge in [-0.15, -0.1) is 0 Å². The summed E-state index contributed by atoms with van der Waals surface area (Å²) in [5, 5.41) is 20.7. The van der Waals surface area contributed by atoms with Crippen molar-refractivity contribution in [3.8, 4) is 0 Å². The quantitative estimate of drug-likeness (QED) is 0.698. The van der Waals surface area contributed by atoms with Crippen LogP contribution in [-0.2, 0) is 14.3 Å². The molecule has 0 amide bonds. The molecule has 0 aromatic heterocycles. The zero-order valence-corrected chi connectivity index (χ0v) is 14.9. The number of alkyl halides is 1. The number of carbonyl (C=O) groups is 2. The Morgan fingerprint density at radius 2 is 2.12 bits per heavy atom. The Kier molecular flexibility index (Phi) is 2.86. The molecule has 1 saturated heterocycles. The van der Waals surface area contributed by atoms with E-state index in [0.717, 1.165) is 5.57 Å². The maximum atomic E-state index is 16.7. The fourth-order valence-electron chi connectivity index (χ4n) is 7.00. The number of ether oxygens (including phenoxy) is 1. The van der Waals surface area contributed by atoms with Crippen molar-refractivity contribution in [3.05, 3.63) is 23.8 Å². The van der Waals surface area contributed by atoms with Gasteiger partial charge in [0.15, 0.2) is 17.1 Å². The van der Waals surface area contributed by atoms with Gasteiger partial charge in [-0.2, -0.15) is 0 Å². The number of fused-ring (bicyclic) bond motifs is 4. The Hall–Kier alpha value is -1.53. The van der Waals surface area contributed by atoms with E-state index in [1.54, 1.807) is 13.0 Å². The summed E-state index contributed by atoms with van der Waals surface area (Å²) in [4.78, 5) is 23.7. The Morgan fingerprint density at radius 1 is 1.38 bits per heavy atom. The molecule has 6 heteroatoms. The smallest absolute Gasteiger partial charge is 0.339 e. The lowest BCUT2D eigenvalue weighted by Crippen LogP contribution is -2.66. The highest BCUT2D eigenvalue weighted by Crippen LogP contribution is 2.75. The molecule has 5 aliphatic rings. The molecule has 1 aliphatic heterocycles. The number of aliphatic carboxylic acids is 1. The third-order valence-electron chi connectivity index (χ3n) is 8.24. The van der Waals surface area contributed by atoms with Crippen LogP contribution in [0.4, 0.5) is 4.39 Å². The van der Waals surface area contributed by atoms with Crippen LogP contribution in [-0.4, -0.2) is 44.9 Å². The van der Waals surface area contributed by atoms with Crippen molar-refractivity contribution < 1.29 is 28.9 Å². The van der Waals surface area contributed by atoms with Crippen molar-refractivity contribution in [2.45, 2.75) is 62.5 Å². The molecule has 1 unspecified atom stereocenters. The second-order valence-corrected chi connectivity index (χ2v) is 9.02. The number of epoxide rings is 1. The fraction of sp³-hybridized carbons (Fsp3) is 0.700. The van der Waals surface area contributed by atoms with Gasteiger partial charge in [-0.05, 0) is 50.2 Å². The number of carbonyl (C=O) groups excluding carboxylic acids is 1. The molecule has 3 saturated carbocycles. The summed E-state index contributed by atoms with van der Waals surface area (Å²) in [5.74, 6) is -2.08. The minimum atomic E-state index is -1.93. The first-order chi connectivity index (χ1) is 12.1. The average Bonchev–Trinajstić information content (AvgIpc) is 3.18. The normalized spacial score (nSPS) is 56.8. The van der Waals surface area contributed by atoms with E-state index < -0.39 is 40.3 Å². The Balaban J connectivity index is 1.63. The third kappa shape index (κ3) is 1.45. The molecule has 0 aromatic rings. The summed E-state index contributed by atoms with van der Waals surface area (Å²) in [6.45, 7) is 3.61. The van der Waals surface area contributed by atoms with E-state index >= 15 is 4.39 Å². The number of hydrogen-bond donors (Lipinski definition) is 2. The van der Waals surface area contributed by atoms with E-state index in [1.165, 1.54) is 12.2 Å². The number of aliphatic hydroxyl groups is 1. The van der Waals surface area contributed by atoms with Gasteiger partial charge in [0.05, 0.1) is 6.10 Å². The SMILES string of the molecule is C[C@@H]1C[C@H]2C3CCC4=CC(=O)C=C[C@]4(C)[C@@]3(F)[C@@H](O)C[C@@]23O[C@]13C(=O)O. The van der Waals surface area contributed by atoms with Crippen molar-refractivity contribution >= 4 is 11.8 Å². The van der Waals surface area contributed by atoms with Crippen LogP contribution in [0.25, 0.3) is 0 Å². The minimum absolute atomic E-state index is 0.00797. The zero-order chi connectivity index (χ0) is 18.7. The lowest BCUT2D eigenvalue weighted by molar-refractivity contribution is -0.179. The summed E-state index contributed by atoms with van der Waals surface area (Å²) in [6, 6.07) is 0. The van der Waals surface area contributed by atoms with Crippen LogP contribution in [0.1, 0.15) is 39.5 Å². The van der Waals surface area contributed by atoms with Gasteiger partial charge < -0.3 is 14.9 Å². The summed E-state index contributed by atoms with van der Waals surface area (Å²) in [6.07, 6.45) is 4.82. The number of ketones is 1. The van der Waals surface area contributed by atoms with Gasteiger partial charge in [0.1, 0.15) is 5.60 Å². The average molecular weight is 362 g/mol. The zero-order valence-electron chi connectivity index (χ0n) is 14.9. The summed E-state index contributed by atoms with van der Waals surface area (Å²) in [5.41, 5.74) is -4.48. The van der Waals surface area contributed by atoms with Crippen molar-refractivity contribution in [2.24, 2.45) is 23.2 Å². The van der Waals surface area contributed by atoms with Crippen molar-refractivity contribution in [1.82, 2.24) is 0 Å². The predicted octanol–water partition coefficient (Wildman–Crippen LogP) is 2.19. The third-order valence-corrected chi connectivity index (χ3v) is 8.24. The van der Waals surface area contributed by atoms with Crippen LogP contribution in [0.15, 0.2) is 23.8 Å². The molecule has 2 N–H and O–H groups in total. The van der Waals surface area contributed by atoms with E-state index in [-0.39, 0.29) is 24.0 Å². The molecule has 0 radical (unpaired) electrons. The van der Waals surface area contributed by atoms with Crippen LogP contribution in [0.5, 0.6) is 0 Å². The van der Waals surface area contributed by atoms with Crippen LogP contribution in [0.2, 0.25) is 0 Å². The molecule has 140 valence electrons. The highest BCUT2D eigenvalue weighted by Gasteiger charge is 2.88. The first kappa shape index (κ1) is 16.6. The maximum absolute atomic E-state index is 16.7. The largest absolute Gasteiger partial charge is 0.479 e. The van der Waals surface area contributed by atoms with Gasteiger partial charge in [0, 0.05) is 17.8 Å². The van der Waals surface area contributed by atoms with Crippen molar-refractivity contribution in [3.63, 3.8) is 0 Å². The molecule has 4 aliphatic carbocycles. The lowest BCUT2D eigenvalue weighted by atomic mass is 9.48. The molecule has 8 atom stereocenters. The van der Waals surface area contributed by atoms with Crippen LogP contribution < -0.4 is 0 Å². The van der Waals surface area contributed by atoms with E-state index in [1.807, 2.05) is 6.92 Å². The van der Waals surface area contributed by atoms with Gasteiger partial charge in [-0.1, -0.05) is 18.6 Å². The number of carboxylic acids is 1. The number of allylic oxidation sites excluding steroid dienone is 4. The highest BCUT2D eigenvalue weighted by atomic mass is 19.1. The van der Waals surface area contributed by atoms with Gasteiger partial charge in [-0.25, -0.2) is 9.18 Å². The Labute approximate surface area is 150 Å². The van der Waals surface area contributed by atoms with E-state index in [2.05, 4.69) is 0 Å². The van der Waals surface area contributed by atoms with Gasteiger partial charge >= 0.3 is 5.97 Å². The van der Waals surface area contributed by atoms with E-state index in [4.69, 9.17) is 4.74 Å². The Morgan fingerprint density at radius 3 is 2.77 bits per heavy atom. The number of halogens is 1. The molecular weight excluding hydrogens is 339 g/mol. The highest BCUT2D eigenvalue weighted by molar-refractivity contribution is 6.01. The molecule has 5 rings (SSSR count). The van der Waals surface area contributed by atoms with Gasteiger partial charge in [0.2, 0.25) is 0 Å². The second kappa shape index (κ2) is 4.47. The molecule has 5 nitrogen and oxygen atoms in total. The molecule has 1 heterocycles. The van der Waals surface area contributed by atoms with Crippen molar-refractivity contribution in [2.75, 3.05) is 0 Å². The molecule has 1 spiro atoms. The first-order valence-electron chi connectivity index (χ1n) is 9.38. The molecule has 26 heavy (non-hydrogen) atoms. The number of rotatable bonds is 1. The van der Waals surface area contributed by atoms with Crippen LogP contribution in [0.3, 0.4) is 0 Å². The Bertz CT molecular complexity index is 804.